The van der Waals surface area contributed by atoms with Gasteiger partial charge in [0.25, 0.3) is 7.82 Å². The molecule has 6 unspecified atom stereocenters. The van der Waals surface area contributed by atoms with Crippen molar-refractivity contribution in [3.8, 4) is 0 Å². The number of phosphoric ester groups is 1. The molecule has 17 heavy (non-hydrogen) atoms. The summed E-state index contributed by atoms with van der Waals surface area (Å²) in [5, 5.41) is 36.7. The maximum absolute atomic E-state index is 10.3. The van der Waals surface area contributed by atoms with Crippen LogP contribution in [0.5, 0.6) is 0 Å². The van der Waals surface area contributed by atoms with E-state index in [1.807, 2.05) is 0 Å². The number of aliphatic hydroxyl groups excluding tert-OH is 4. The molecule has 1 heterocycles. The maximum atomic E-state index is 10.3. The summed E-state index contributed by atoms with van der Waals surface area (Å²) in [5.41, 5.74) is 0. The van der Waals surface area contributed by atoms with Gasteiger partial charge in [-0.3, -0.25) is 4.57 Å². The molecule has 0 amide bonds. The Kier molecular flexibility index (Phi) is 8.03. The van der Waals surface area contributed by atoms with Crippen LogP contribution in [-0.4, -0.2) is 62.6 Å². The van der Waals surface area contributed by atoms with Crippen molar-refractivity contribution in [1.29, 1.82) is 0 Å². The molecule has 0 aromatic heterocycles. The van der Waals surface area contributed by atoms with Gasteiger partial charge in [0.2, 0.25) is 0 Å². The van der Waals surface area contributed by atoms with Gasteiger partial charge in [-0.2, -0.15) is 0 Å². The number of rotatable bonds is 3. The molecule has 5 N–H and O–H groups in total. The molecule has 96 valence electrons. The quantitative estimate of drug-likeness (QED) is 0.252. The Labute approximate surface area is 139 Å². The van der Waals surface area contributed by atoms with E-state index in [1.165, 1.54) is 0 Å². The van der Waals surface area contributed by atoms with Gasteiger partial charge in [0.05, 0.1) is 6.61 Å². The van der Waals surface area contributed by atoms with E-state index < -0.39 is 45.1 Å². The van der Waals surface area contributed by atoms with Gasteiger partial charge in [-0.1, -0.05) is 0 Å². The first-order valence-corrected chi connectivity index (χ1v) is 5.78. The summed E-state index contributed by atoms with van der Waals surface area (Å²) in [6.07, 6.45) is -8.23. The molecular weight excluding hydrogens is 286 g/mol. The molecule has 0 saturated carbocycles. The normalized spacial score (nSPS) is 41.4. The van der Waals surface area contributed by atoms with Crippen molar-refractivity contribution in [3.63, 3.8) is 0 Å². The molecule has 0 spiro atoms. The summed E-state index contributed by atoms with van der Waals surface area (Å²) in [7, 11) is -4.98. The van der Waals surface area contributed by atoms with E-state index in [9.17, 15) is 19.7 Å². The molecule has 9 nitrogen and oxygen atoms in total. The second-order valence-corrected chi connectivity index (χ2v) is 4.50. The van der Waals surface area contributed by atoms with Crippen LogP contribution in [0.4, 0.5) is 0 Å². The number of hydrogen-bond acceptors (Lipinski definition) is 8. The zero-order valence-electron chi connectivity index (χ0n) is 8.91. The summed E-state index contributed by atoms with van der Waals surface area (Å²) in [5.74, 6) is 0. The molecule has 0 aromatic carbocycles. The average molecular weight is 298 g/mol. The molecule has 0 bridgehead atoms. The second kappa shape index (κ2) is 7.36. The second-order valence-electron chi connectivity index (χ2n) is 3.30. The van der Waals surface area contributed by atoms with Crippen molar-refractivity contribution >= 4 is 7.82 Å². The van der Waals surface area contributed by atoms with E-state index in [-0.39, 0.29) is 51.4 Å². The van der Waals surface area contributed by atoms with E-state index in [0.29, 0.717) is 0 Å². The van der Waals surface area contributed by atoms with Gasteiger partial charge in [0.15, 0.2) is 6.29 Å². The topological polar surface area (TPSA) is 160 Å². The number of aliphatic hydroxyl groups is 4. The maximum Gasteiger partial charge on any atom is 1.00 e. The zero-order chi connectivity index (χ0) is 12.5. The minimum Gasteiger partial charge on any atom is -0.756 e. The van der Waals surface area contributed by atoms with Crippen LogP contribution >= 0.6 is 7.82 Å². The summed E-state index contributed by atoms with van der Waals surface area (Å²) in [6.45, 7) is -0.792. The zero-order valence-corrected chi connectivity index (χ0v) is 12.9. The Bertz CT molecular complexity index is 283. The minimum atomic E-state index is -4.98. The van der Waals surface area contributed by atoms with Gasteiger partial charge in [-0.25, -0.2) is 0 Å². The standard InChI is InChI=1S/C6H13O9P.K/c7-3-2(1-14-16(11,12)13)15-6(10)5(9)4(3)8;/h2-10H,1H2,(H2,11,12,13);/q;+1/p-1. The molecule has 1 saturated heterocycles. The van der Waals surface area contributed by atoms with Crippen LogP contribution in [0.3, 0.4) is 0 Å². The minimum absolute atomic E-state index is 0. The Hall–Kier alpha value is 1.55. The molecule has 1 rings (SSSR count). The van der Waals surface area contributed by atoms with Gasteiger partial charge in [-0.15, -0.1) is 0 Å². The van der Waals surface area contributed by atoms with Crippen molar-refractivity contribution in [3.05, 3.63) is 0 Å². The average Bonchev–Trinajstić information content (AvgIpc) is 2.17. The van der Waals surface area contributed by atoms with Crippen molar-refractivity contribution < 1.29 is 95.4 Å². The van der Waals surface area contributed by atoms with Crippen LogP contribution in [0.25, 0.3) is 0 Å². The fourth-order valence-electron chi connectivity index (χ4n) is 1.24. The Morgan fingerprint density at radius 1 is 1.18 bits per heavy atom. The van der Waals surface area contributed by atoms with Gasteiger partial charge in [-0.05, 0) is 0 Å². The fraction of sp³-hybridized carbons (Fsp3) is 1.00. The fourth-order valence-corrected chi connectivity index (χ4v) is 1.57. The molecule has 1 aliphatic heterocycles. The molecule has 0 aliphatic carbocycles. The Morgan fingerprint density at radius 3 is 2.18 bits per heavy atom. The monoisotopic (exact) mass is 298 g/mol. The molecular formula is C6H12KO9P. The molecule has 1 aliphatic rings. The SMILES string of the molecule is O=P([O-])(O)OCC1OC(O)C(O)C(O)C1O.[K+]. The first-order chi connectivity index (χ1) is 7.22. The first-order valence-electron chi connectivity index (χ1n) is 4.28. The van der Waals surface area contributed by atoms with Crippen LogP contribution < -0.4 is 56.3 Å². The predicted molar refractivity (Wildman–Crippen MR) is 44.7 cm³/mol. The summed E-state index contributed by atoms with van der Waals surface area (Å²) >= 11 is 0. The van der Waals surface area contributed by atoms with Crippen molar-refractivity contribution in [2.45, 2.75) is 30.7 Å². The summed E-state index contributed by atoms with van der Waals surface area (Å²) < 4.78 is 18.8. The van der Waals surface area contributed by atoms with E-state index in [1.54, 1.807) is 0 Å². The Morgan fingerprint density at radius 2 is 1.71 bits per heavy atom. The third kappa shape index (κ3) is 5.59. The third-order valence-electron chi connectivity index (χ3n) is 2.09. The molecule has 6 atom stereocenters. The number of phosphoric acid groups is 1. The van der Waals surface area contributed by atoms with Crippen LogP contribution in [0.2, 0.25) is 0 Å². The molecule has 1 fully saturated rings. The van der Waals surface area contributed by atoms with Gasteiger partial charge < -0.3 is 39.5 Å². The summed E-state index contributed by atoms with van der Waals surface area (Å²) in [4.78, 5) is 18.5. The molecule has 0 radical (unpaired) electrons. The van der Waals surface area contributed by atoms with Gasteiger partial charge in [0.1, 0.15) is 24.4 Å². The van der Waals surface area contributed by atoms with Crippen LogP contribution in [-0.2, 0) is 13.8 Å². The van der Waals surface area contributed by atoms with Crippen LogP contribution in [0.1, 0.15) is 0 Å². The molecule has 11 heteroatoms. The van der Waals surface area contributed by atoms with E-state index in [2.05, 4.69) is 9.26 Å². The van der Waals surface area contributed by atoms with E-state index in [0.717, 1.165) is 0 Å². The van der Waals surface area contributed by atoms with Crippen molar-refractivity contribution in [2.75, 3.05) is 6.61 Å². The van der Waals surface area contributed by atoms with Gasteiger partial charge in [0, 0.05) is 0 Å². The van der Waals surface area contributed by atoms with E-state index >= 15 is 0 Å². The number of hydrogen-bond donors (Lipinski definition) is 5. The van der Waals surface area contributed by atoms with Crippen LogP contribution in [0, 0.1) is 0 Å². The smallest absolute Gasteiger partial charge is 0.756 e. The predicted octanol–water partition coefficient (Wildman–Crippen LogP) is -6.73. The first kappa shape index (κ1) is 18.5. The van der Waals surface area contributed by atoms with E-state index in [4.69, 9.17) is 15.1 Å². The summed E-state index contributed by atoms with van der Waals surface area (Å²) in [6, 6.07) is 0. The Balaban J connectivity index is 0.00000256. The molecule has 0 aromatic rings. The van der Waals surface area contributed by atoms with Gasteiger partial charge >= 0.3 is 51.4 Å². The number of ether oxygens (including phenoxy) is 1. The third-order valence-corrected chi connectivity index (χ3v) is 2.56. The van der Waals surface area contributed by atoms with Crippen molar-refractivity contribution in [2.24, 2.45) is 0 Å². The largest absolute Gasteiger partial charge is 1.00 e. The van der Waals surface area contributed by atoms with Crippen molar-refractivity contribution in [1.82, 2.24) is 0 Å². The van der Waals surface area contributed by atoms with Crippen LogP contribution in [0.15, 0.2) is 0 Å².